The van der Waals surface area contributed by atoms with E-state index in [0.29, 0.717) is 0 Å². The van der Waals surface area contributed by atoms with E-state index in [9.17, 15) is 0 Å². The highest BCUT2D eigenvalue weighted by atomic mass is 35.5. The van der Waals surface area contributed by atoms with E-state index in [4.69, 9.17) is 11.1 Å². The van der Waals surface area contributed by atoms with Gasteiger partial charge in [-0.05, 0) is 17.5 Å². The fourth-order valence-electron chi connectivity index (χ4n) is 1.23. The molecule has 0 unspecified atom stereocenters. The van der Waals surface area contributed by atoms with Gasteiger partial charge in [0.05, 0.1) is 0 Å². The Balaban J connectivity index is 0.000000845. The monoisotopic (exact) mass is 212 g/mol. The molecule has 0 spiro atoms. The number of nitrogens with two attached hydrogens (primary N) is 1. The maximum Gasteiger partial charge on any atom is 0.123 e. The topological polar surface area (TPSA) is 49.9 Å². The molecule has 1 heterocycles. The third-order valence-electron chi connectivity index (χ3n) is 1.79. The Morgan fingerprint density at radius 1 is 1.31 bits per heavy atom. The molecular formula is C9H9ClN2S. The number of hydrogen-bond donors (Lipinski definition) is 2. The van der Waals surface area contributed by atoms with Crippen LogP contribution >= 0.6 is 23.7 Å². The van der Waals surface area contributed by atoms with Gasteiger partial charge in [0.25, 0.3) is 0 Å². The molecule has 13 heavy (non-hydrogen) atoms. The molecular weight excluding hydrogens is 204 g/mol. The van der Waals surface area contributed by atoms with Crippen LogP contribution in [-0.4, -0.2) is 5.84 Å². The first-order chi connectivity index (χ1) is 5.79. The van der Waals surface area contributed by atoms with Gasteiger partial charge in [0.1, 0.15) is 5.84 Å². The van der Waals surface area contributed by atoms with E-state index in [1.54, 1.807) is 11.3 Å². The van der Waals surface area contributed by atoms with E-state index >= 15 is 0 Å². The minimum Gasteiger partial charge on any atom is -0.384 e. The van der Waals surface area contributed by atoms with Gasteiger partial charge < -0.3 is 5.73 Å². The molecule has 1 aromatic heterocycles. The second-order valence-corrected chi connectivity index (χ2v) is 3.50. The molecule has 3 N–H and O–H groups in total. The third kappa shape index (κ3) is 1.66. The third-order valence-corrected chi connectivity index (χ3v) is 2.67. The second kappa shape index (κ2) is 3.77. The van der Waals surface area contributed by atoms with Crippen molar-refractivity contribution < 1.29 is 0 Å². The van der Waals surface area contributed by atoms with Crippen LogP contribution in [0.1, 0.15) is 5.56 Å². The summed E-state index contributed by atoms with van der Waals surface area (Å²) in [5.41, 5.74) is 6.25. The van der Waals surface area contributed by atoms with Crippen LogP contribution in [-0.2, 0) is 0 Å². The van der Waals surface area contributed by atoms with Crippen LogP contribution in [0.5, 0.6) is 0 Å². The zero-order valence-electron chi connectivity index (χ0n) is 6.78. The van der Waals surface area contributed by atoms with Gasteiger partial charge in [-0.15, -0.1) is 23.7 Å². The average Bonchev–Trinajstić information content (AvgIpc) is 2.49. The number of nitrogens with one attached hydrogen (secondary N) is 1. The van der Waals surface area contributed by atoms with Gasteiger partial charge in [0.2, 0.25) is 0 Å². The minimum absolute atomic E-state index is 0. The highest BCUT2D eigenvalue weighted by Crippen LogP contribution is 2.23. The predicted octanol–water partition coefficient (Wildman–Crippen LogP) is 2.61. The number of thiophene rings is 1. The standard InChI is InChI=1S/C9H8N2S.ClH/c10-9(11)7-2-1-3-8-6(7)4-5-12-8;/h1-5H,(H3,10,11);1H. The van der Waals surface area contributed by atoms with Crippen LogP contribution in [0.4, 0.5) is 0 Å². The Morgan fingerprint density at radius 3 is 2.77 bits per heavy atom. The van der Waals surface area contributed by atoms with E-state index < -0.39 is 0 Å². The Kier molecular flexibility index (Phi) is 2.90. The molecule has 2 nitrogen and oxygen atoms in total. The Bertz CT molecular complexity index is 436. The lowest BCUT2D eigenvalue weighted by Gasteiger charge is -1.98. The van der Waals surface area contributed by atoms with Crippen molar-refractivity contribution >= 4 is 39.7 Å². The quantitative estimate of drug-likeness (QED) is 0.554. The van der Waals surface area contributed by atoms with Crippen molar-refractivity contribution in [1.29, 1.82) is 5.41 Å². The number of amidine groups is 1. The van der Waals surface area contributed by atoms with Crippen LogP contribution in [0, 0.1) is 5.41 Å². The number of benzene rings is 1. The molecule has 4 heteroatoms. The molecule has 0 saturated heterocycles. The molecule has 0 aliphatic rings. The molecule has 0 aliphatic carbocycles. The van der Waals surface area contributed by atoms with Crippen molar-refractivity contribution in [3.8, 4) is 0 Å². The van der Waals surface area contributed by atoms with Crippen LogP contribution in [0.3, 0.4) is 0 Å². The van der Waals surface area contributed by atoms with Crippen molar-refractivity contribution in [3.05, 3.63) is 35.2 Å². The summed E-state index contributed by atoms with van der Waals surface area (Å²) in [6.07, 6.45) is 0. The summed E-state index contributed by atoms with van der Waals surface area (Å²) in [4.78, 5) is 0. The zero-order chi connectivity index (χ0) is 8.55. The van der Waals surface area contributed by atoms with Gasteiger partial charge in [-0.1, -0.05) is 12.1 Å². The molecule has 0 bridgehead atoms. The molecule has 68 valence electrons. The maximum absolute atomic E-state index is 7.34. The van der Waals surface area contributed by atoms with Crippen molar-refractivity contribution in [3.63, 3.8) is 0 Å². The molecule has 0 aliphatic heterocycles. The maximum atomic E-state index is 7.34. The van der Waals surface area contributed by atoms with Crippen LogP contribution in [0.15, 0.2) is 29.6 Å². The van der Waals surface area contributed by atoms with Crippen LogP contribution in [0.2, 0.25) is 0 Å². The smallest absolute Gasteiger partial charge is 0.123 e. The first-order valence-corrected chi connectivity index (χ1v) is 4.47. The van der Waals surface area contributed by atoms with E-state index in [-0.39, 0.29) is 18.2 Å². The van der Waals surface area contributed by atoms with Gasteiger partial charge in [0, 0.05) is 15.6 Å². The summed E-state index contributed by atoms with van der Waals surface area (Å²) in [7, 11) is 0. The summed E-state index contributed by atoms with van der Waals surface area (Å²) in [5.74, 6) is 0.138. The van der Waals surface area contributed by atoms with Crippen LogP contribution < -0.4 is 5.73 Å². The van der Waals surface area contributed by atoms with Crippen LogP contribution in [0.25, 0.3) is 10.1 Å². The van der Waals surface area contributed by atoms with Gasteiger partial charge in [-0.25, -0.2) is 0 Å². The van der Waals surface area contributed by atoms with Crippen molar-refractivity contribution in [2.45, 2.75) is 0 Å². The minimum atomic E-state index is 0. The molecule has 2 aromatic rings. The SMILES string of the molecule is Cl.N=C(N)c1cccc2sccc12. The molecule has 0 fully saturated rings. The molecule has 2 rings (SSSR count). The fraction of sp³-hybridized carbons (Fsp3) is 0. The Labute approximate surface area is 86.3 Å². The first-order valence-electron chi connectivity index (χ1n) is 3.59. The van der Waals surface area contributed by atoms with Crippen molar-refractivity contribution in [2.75, 3.05) is 0 Å². The van der Waals surface area contributed by atoms with E-state index in [1.807, 2.05) is 29.6 Å². The largest absolute Gasteiger partial charge is 0.384 e. The summed E-state index contributed by atoms with van der Waals surface area (Å²) >= 11 is 1.67. The lowest BCUT2D eigenvalue weighted by molar-refractivity contribution is 1.44. The van der Waals surface area contributed by atoms with Crippen molar-refractivity contribution in [2.24, 2.45) is 5.73 Å². The first kappa shape index (κ1) is 10.0. The van der Waals surface area contributed by atoms with Gasteiger partial charge >= 0.3 is 0 Å². The lowest BCUT2D eigenvalue weighted by atomic mass is 10.1. The van der Waals surface area contributed by atoms with E-state index in [1.165, 1.54) is 4.70 Å². The molecule has 1 aromatic carbocycles. The molecule has 0 atom stereocenters. The molecule has 0 saturated carbocycles. The van der Waals surface area contributed by atoms with E-state index in [0.717, 1.165) is 10.9 Å². The second-order valence-electron chi connectivity index (χ2n) is 2.55. The van der Waals surface area contributed by atoms with Gasteiger partial charge in [-0.3, -0.25) is 5.41 Å². The number of fused-ring (bicyclic) bond motifs is 1. The fourth-order valence-corrected chi connectivity index (χ4v) is 2.04. The summed E-state index contributed by atoms with van der Waals surface area (Å²) in [6, 6.07) is 7.83. The van der Waals surface area contributed by atoms with Crippen molar-refractivity contribution in [1.82, 2.24) is 0 Å². The number of halogens is 1. The number of nitrogen functional groups attached to an aromatic ring is 1. The Hall–Kier alpha value is -1.06. The summed E-state index contributed by atoms with van der Waals surface area (Å²) < 4.78 is 1.18. The summed E-state index contributed by atoms with van der Waals surface area (Å²) in [5, 5.41) is 10.4. The molecule has 0 amide bonds. The normalized spacial score (nSPS) is 9.54. The lowest BCUT2D eigenvalue weighted by Crippen LogP contribution is -2.10. The number of rotatable bonds is 1. The average molecular weight is 213 g/mol. The summed E-state index contributed by atoms with van der Waals surface area (Å²) in [6.45, 7) is 0. The number of hydrogen-bond acceptors (Lipinski definition) is 2. The van der Waals surface area contributed by atoms with E-state index in [2.05, 4.69) is 0 Å². The van der Waals surface area contributed by atoms with Gasteiger partial charge in [0.15, 0.2) is 0 Å². The zero-order valence-corrected chi connectivity index (χ0v) is 8.41. The highest BCUT2D eigenvalue weighted by Gasteiger charge is 2.02. The highest BCUT2D eigenvalue weighted by molar-refractivity contribution is 7.17. The van der Waals surface area contributed by atoms with Gasteiger partial charge in [-0.2, -0.15) is 0 Å². The predicted molar refractivity (Wildman–Crippen MR) is 60.1 cm³/mol. The Morgan fingerprint density at radius 2 is 2.08 bits per heavy atom. The molecule has 0 radical (unpaired) electrons.